The van der Waals surface area contributed by atoms with Gasteiger partial charge < -0.3 is 0 Å². The van der Waals surface area contributed by atoms with Crippen LogP contribution in [0.1, 0.15) is 6.42 Å². The van der Waals surface area contributed by atoms with Gasteiger partial charge in [-0.2, -0.15) is 0 Å². The number of alkyl halides is 1. The van der Waals surface area contributed by atoms with Crippen LogP contribution < -0.4 is 0 Å². The molecule has 0 nitrogen and oxygen atoms in total. The number of rotatable bonds is 2. The van der Waals surface area contributed by atoms with Gasteiger partial charge in [-0.3, -0.25) is 0 Å². The molecule has 0 heterocycles. The predicted octanol–water partition coefficient (Wildman–Crippen LogP) is 3.37. The molecule has 0 aliphatic heterocycles. The predicted molar refractivity (Wildman–Crippen MR) is 48.6 cm³/mol. The van der Waals surface area contributed by atoms with Crippen molar-refractivity contribution in [3.8, 4) is 0 Å². The first kappa shape index (κ1) is 11.2. The second-order valence-electron chi connectivity index (χ2n) is 2.02. The van der Waals surface area contributed by atoms with Crippen molar-refractivity contribution in [1.29, 1.82) is 0 Å². The molecule has 0 aromatic carbocycles. The molecule has 0 fully saturated rings. The Hall–Kier alpha value is 0.224. The fourth-order valence-corrected chi connectivity index (χ4v) is 1.55. The Bertz CT molecular complexity index is 159. The number of allylic oxidation sites excluding steroid dienone is 5. The Morgan fingerprint density at radius 3 is 2.64 bits per heavy atom. The van der Waals surface area contributed by atoms with Crippen molar-refractivity contribution in [2.24, 2.45) is 0 Å². The van der Waals surface area contributed by atoms with Gasteiger partial charge in [0.1, 0.15) is 0 Å². The average Bonchev–Trinajstić information content (AvgIpc) is 2.56. The SMILES string of the molecule is C=CCCl.[CH3][Ti][C]1=CC=CC1. The summed E-state index contributed by atoms with van der Waals surface area (Å²) >= 11 is 5.36. The summed E-state index contributed by atoms with van der Waals surface area (Å²) in [5, 5.41) is 2.32. The third kappa shape index (κ3) is 6.62. The van der Waals surface area contributed by atoms with Gasteiger partial charge in [0.15, 0.2) is 0 Å². The van der Waals surface area contributed by atoms with Crippen LogP contribution in [-0.4, -0.2) is 5.88 Å². The van der Waals surface area contributed by atoms with Gasteiger partial charge in [-0.15, -0.1) is 18.2 Å². The summed E-state index contributed by atoms with van der Waals surface area (Å²) in [4.78, 5) is 0. The molecule has 0 amide bonds. The molecule has 1 aliphatic rings. The normalized spacial score (nSPS) is 13.1. The van der Waals surface area contributed by atoms with E-state index in [2.05, 4.69) is 30.0 Å². The molecule has 0 saturated carbocycles. The van der Waals surface area contributed by atoms with Gasteiger partial charge in [-0.25, -0.2) is 0 Å². The fourth-order valence-electron chi connectivity index (χ4n) is 0.633. The van der Waals surface area contributed by atoms with Crippen molar-refractivity contribution in [1.82, 2.24) is 0 Å². The van der Waals surface area contributed by atoms with Crippen LogP contribution in [0.3, 0.4) is 0 Å². The van der Waals surface area contributed by atoms with Crippen LogP contribution in [0.4, 0.5) is 0 Å². The molecule has 0 aromatic heterocycles. The van der Waals surface area contributed by atoms with E-state index < -0.39 is 0 Å². The molecule has 0 unspecified atom stereocenters. The first-order valence-corrected chi connectivity index (χ1v) is 6.43. The van der Waals surface area contributed by atoms with Crippen LogP contribution in [0.5, 0.6) is 0 Å². The maximum atomic E-state index is 5.07. The third-order valence-corrected chi connectivity index (χ3v) is 3.00. The van der Waals surface area contributed by atoms with Gasteiger partial charge in [0, 0.05) is 5.88 Å². The summed E-state index contributed by atoms with van der Waals surface area (Å²) in [5.41, 5.74) is 0. The fraction of sp³-hybridized carbons (Fsp3) is 0.333. The molecular weight excluding hydrogens is 191 g/mol. The Kier molecular flexibility index (Phi) is 8.49. The van der Waals surface area contributed by atoms with Gasteiger partial charge in [-0.05, 0) is 0 Å². The molecule has 0 spiro atoms. The van der Waals surface area contributed by atoms with Crippen LogP contribution in [0.15, 0.2) is 34.8 Å². The summed E-state index contributed by atoms with van der Waals surface area (Å²) < 4.78 is 1.68. The number of halogens is 1. The van der Waals surface area contributed by atoms with E-state index in [0.29, 0.717) is 25.0 Å². The van der Waals surface area contributed by atoms with Crippen LogP contribution in [-0.2, 0) is 19.2 Å². The molecule has 11 heavy (non-hydrogen) atoms. The summed E-state index contributed by atoms with van der Waals surface area (Å²) in [5.74, 6) is 0.556. The van der Waals surface area contributed by atoms with E-state index in [0.717, 1.165) is 0 Å². The number of hydrogen-bond donors (Lipinski definition) is 0. The van der Waals surface area contributed by atoms with Crippen molar-refractivity contribution < 1.29 is 19.2 Å². The van der Waals surface area contributed by atoms with Gasteiger partial charge in [0.2, 0.25) is 0 Å². The molecule has 0 N–H and O–H groups in total. The monoisotopic (exact) mass is 204 g/mol. The van der Waals surface area contributed by atoms with E-state index >= 15 is 0 Å². The molecule has 0 saturated heterocycles. The minimum atomic E-state index is 0.292. The summed E-state index contributed by atoms with van der Waals surface area (Å²) in [6.45, 7) is 3.35. The van der Waals surface area contributed by atoms with Crippen LogP contribution in [0.2, 0.25) is 5.23 Å². The van der Waals surface area contributed by atoms with E-state index in [4.69, 9.17) is 11.6 Å². The maximum absolute atomic E-state index is 5.07. The number of hydrogen-bond acceptors (Lipinski definition) is 0. The van der Waals surface area contributed by atoms with Gasteiger partial charge >= 0.3 is 52.9 Å². The summed E-state index contributed by atoms with van der Waals surface area (Å²) in [6, 6.07) is 0. The van der Waals surface area contributed by atoms with E-state index in [1.165, 1.54) is 6.42 Å². The second-order valence-corrected chi connectivity index (χ2v) is 4.11. The Morgan fingerprint density at radius 1 is 1.82 bits per heavy atom. The second kappa shape index (κ2) is 8.32. The van der Waals surface area contributed by atoms with Crippen LogP contribution in [0, 0.1) is 0 Å². The molecule has 0 bridgehead atoms. The quantitative estimate of drug-likeness (QED) is 0.368. The summed E-state index contributed by atoms with van der Waals surface area (Å²) in [6.07, 6.45) is 9.52. The molecule has 1 aliphatic carbocycles. The topological polar surface area (TPSA) is 0 Å². The van der Waals surface area contributed by atoms with E-state index in [9.17, 15) is 0 Å². The molecule has 0 aromatic rings. The Balaban J connectivity index is 0.000000218. The van der Waals surface area contributed by atoms with Crippen molar-refractivity contribution in [3.05, 3.63) is 34.8 Å². The van der Waals surface area contributed by atoms with E-state index in [1.807, 2.05) is 0 Å². The zero-order chi connectivity index (χ0) is 8.53. The van der Waals surface area contributed by atoms with E-state index in [-0.39, 0.29) is 0 Å². The minimum absolute atomic E-state index is 0.292. The van der Waals surface area contributed by atoms with Crippen LogP contribution in [0.25, 0.3) is 0 Å². The first-order valence-electron chi connectivity index (χ1n) is 3.55. The zero-order valence-electron chi connectivity index (χ0n) is 6.81. The van der Waals surface area contributed by atoms with Gasteiger partial charge in [-0.1, -0.05) is 6.08 Å². The van der Waals surface area contributed by atoms with Crippen molar-refractivity contribution in [3.63, 3.8) is 0 Å². The zero-order valence-corrected chi connectivity index (χ0v) is 9.13. The van der Waals surface area contributed by atoms with Gasteiger partial charge in [0.05, 0.1) is 0 Å². The molecule has 2 heteroatoms. The Labute approximate surface area is 82.9 Å². The summed E-state index contributed by atoms with van der Waals surface area (Å²) in [7, 11) is 0. The van der Waals surface area contributed by atoms with E-state index in [1.54, 1.807) is 9.95 Å². The third-order valence-electron chi connectivity index (χ3n) is 1.20. The molecule has 60 valence electrons. The first-order chi connectivity index (χ1) is 5.35. The van der Waals surface area contributed by atoms with Crippen molar-refractivity contribution >= 4 is 11.6 Å². The Morgan fingerprint density at radius 2 is 2.45 bits per heavy atom. The van der Waals surface area contributed by atoms with Crippen LogP contribution >= 0.6 is 11.6 Å². The molecule has 0 atom stereocenters. The molecular formula is C9H13ClTi. The average molecular weight is 205 g/mol. The van der Waals surface area contributed by atoms with Crippen molar-refractivity contribution in [2.75, 3.05) is 5.88 Å². The van der Waals surface area contributed by atoms with Crippen molar-refractivity contribution in [2.45, 2.75) is 11.6 Å². The standard InChI is InChI=1S/C5H5.C3H5Cl.CH3.Ti/c1-2-4-5-3-1;1-2-3-4;;/h1-3H,4H2;2H,1,3H2;1H3;. The van der Waals surface area contributed by atoms with Gasteiger partial charge in [0.25, 0.3) is 0 Å². The molecule has 1 rings (SSSR count). The molecule has 0 radical (unpaired) electrons.